The van der Waals surface area contributed by atoms with Gasteiger partial charge in [-0.1, -0.05) is 30.3 Å². The summed E-state index contributed by atoms with van der Waals surface area (Å²) in [4.78, 5) is 28.9. The molecule has 0 saturated carbocycles. The molecule has 0 aliphatic carbocycles. The first-order valence-corrected chi connectivity index (χ1v) is 12.5. The molecular formula is C27H33ClN2O4. The number of rotatable bonds is 8. The fourth-order valence-electron chi connectivity index (χ4n) is 4.92. The van der Waals surface area contributed by atoms with Gasteiger partial charge in [-0.15, -0.1) is 0 Å². The molecule has 0 aromatic heterocycles. The monoisotopic (exact) mass is 484 g/mol. The minimum atomic E-state index is -0.547. The van der Waals surface area contributed by atoms with Gasteiger partial charge in [-0.2, -0.15) is 0 Å². The Balaban J connectivity index is 1.42. The summed E-state index contributed by atoms with van der Waals surface area (Å²) in [5, 5.41) is -0.547. The van der Waals surface area contributed by atoms with E-state index in [9.17, 15) is 9.59 Å². The molecule has 2 aromatic carbocycles. The van der Waals surface area contributed by atoms with E-state index in [1.165, 1.54) is 5.56 Å². The third kappa shape index (κ3) is 6.17. The SMILES string of the molecule is CC(=O)N(c1cc(N2CCC(COCc3ccccc3)CC2)ccc1C(=O)Cl)C1CCOCC1. The molecule has 2 aliphatic rings. The van der Waals surface area contributed by atoms with Gasteiger partial charge in [0.1, 0.15) is 0 Å². The third-order valence-electron chi connectivity index (χ3n) is 6.79. The van der Waals surface area contributed by atoms with Gasteiger partial charge >= 0.3 is 0 Å². The van der Waals surface area contributed by atoms with E-state index in [1.54, 1.807) is 17.9 Å². The molecule has 1 amide bonds. The summed E-state index contributed by atoms with van der Waals surface area (Å²) in [6.45, 7) is 5.98. The second-order valence-corrected chi connectivity index (χ2v) is 9.48. The van der Waals surface area contributed by atoms with E-state index in [0.717, 1.165) is 51.1 Å². The summed E-state index contributed by atoms with van der Waals surface area (Å²) in [5.74, 6) is 0.441. The normalized spacial score (nSPS) is 17.5. The van der Waals surface area contributed by atoms with Crippen molar-refractivity contribution in [2.75, 3.05) is 42.7 Å². The number of carbonyl (C=O) groups excluding carboxylic acids is 2. The summed E-state index contributed by atoms with van der Waals surface area (Å²) in [6, 6.07) is 15.9. The van der Waals surface area contributed by atoms with E-state index in [0.29, 0.717) is 37.0 Å². The topological polar surface area (TPSA) is 59.1 Å². The van der Waals surface area contributed by atoms with Crippen LogP contribution < -0.4 is 9.80 Å². The second kappa shape index (κ2) is 11.8. The Hall–Kier alpha value is -2.41. The van der Waals surface area contributed by atoms with Gasteiger partial charge in [0.05, 0.1) is 17.9 Å². The highest BCUT2D eigenvalue weighted by atomic mass is 35.5. The smallest absolute Gasteiger partial charge is 0.254 e. The molecule has 2 aliphatic heterocycles. The number of hydrogen-bond acceptors (Lipinski definition) is 5. The minimum absolute atomic E-state index is 0.00349. The predicted molar refractivity (Wildman–Crippen MR) is 135 cm³/mol. The van der Waals surface area contributed by atoms with E-state index in [1.807, 2.05) is 30.3 Å². The summed E-state index contributed by atoms with van der Waals surface area (Å²) in [5.41, 5.74) is 3.18. The maximum absolute atomic E-state index is 12.7. The first kappa shape index (κ1) is 24.7. The molecule has 6 nitrogen and oxygen atoms in total. The Kier molecular flexibility index (Phi) is 8.59. The molecule has 0 N–H and O–H groups in total. The lowest BCUT2D eigenvalue weighted by Gasteiger charge is -2.37. The van der Waals surface area contributed by atoms with Crippen LogP contribution in [0, 0.1) is 5.92 Å². The summed E-state index contributed by atoms with van der Waals surface area (Å²) in [7, 11) is 0. The largest absolute Gasteiger partial charge is 0.381 e. The Morgan fingerprint density at radius 1 is 1.06 bits per heavy atom. The summed E-state index contributed by atoms with van der Waals surface area (Å²) in [6.07, 6.45) is 3.57. The molecule has 0 spiro atoms. The highest BCUT2D eigenvalue weighted by Gasteiger charge is 2.29. The van der Waals surface area contributed by atoms with Crippen molar-refractivity contribution < 1.29 is 19.1 Å². The number of ether oxygens (including phenoxy) is 2. The Morgan fingerprint density at radius 3 is 2.41 bits per heavy atom. The van der Waals surface area contributed by atoms with Gasteiger partial charge in [0.25, 0.3) is 5.24 Å². The molecular weight excluding hydrogens is 452 g/mol. The second-order valence-electron chi connectivity index (χ2n) is 9.14. The van der Waals surface area contributed by atoms with E-state index in [-0.39, 0.29) is 11.9 Å². The van der Waals surface area contributed by atoms with E-state index in [4.69, 9.17) is 21.1 Å². The van der Waals surface area contributed by atoms with Crippen LogP contribution in [-0.2, 0) is 20.9 Å². The fourth-order valence-corrected chi connectivity index (χ4v) is 5.08. The van der Waals surface area contributed by atoms with Crippen molar-refractivity contribution >= 4 is 34.1 Å². The standard InChI is InChI=1S/C27H33ClN2O4/c1-20(31)30(23-11-15-33-16-12-23)26-17-24(7-8-25(26)27(28)32)29-13-9-22(10-14-29)19-34-18-21-5-3-2-4-6-21/h2-8,17,22-23H,9-16,18-19H2,1H3. The van der Waals surface area contributed by atoms with Crippen LogP contribution in [-0.4, -0.2) is 50.1 Å². The third-order valence-corrected chi connectivity index (χ3v) is 7.00. The molecule has 7 heteroatoms. The predicted octanol–water partition coefficient (Wildman–Crippen LogP) is 5.03. The fraction of sp³-hybridized carbons (Fsp3) is 0.481. The molecule has 34 heavy (non-hydrogen) atoms. The lowest BCUT2D eigenvalue weighted by atomic mass is 9.97. The van der Waals surface area contributed by atoms with Crippen molar-refractivity contribution in [3.05, 3.63) is 59.7 Å². The molecule has 4 rings (SSSR count). The van der Waals surface area contributed by atoms with E-state index < -0.39 is 5.24 Å². The number of carbonyl (C=O) groups is 2. The highest BCUT2D eigenvalue weighted by molar-refractivity contribution is 6.68. The van der Waals surface area contributed by atoms with Crippen LogP contribution in [0.2, 0.25) is 0 Å². The zero-order chi connectivity index (χ0) is 23.9. The number of halogens is 1. The lowest BCUT2D eigenvalue weighted by Crippen LogP contribution is -2.43. The molecule has 0 radical (unpaired) electrons. The average molecular weight is 485 g/mol. The molecule has 2 saturated heterocycles. The van der Waals surface area contributed by atoms with Crippen LogP contribution in [0.25, 0.3) is 0 Å². The number of piperidine rings is 1. The number of hydrogen-bond donors (Lipinski definition) is 0. The van der Waals surface area contributed by atoms with Crippen LogP contribution in [0.4, 0.5) is 11.4 Å². The molecule has 0 unspecified atom stereocenters. The van der Waals surface area contributed by atoms with Crippen molar-refractivity contribution in [1.82, 2.24) is 0 Å². The number of benzene rings is 2. The van der Waals surface area contributed by atoms with Gasteiger partial charge in [-0.05, 0) is 67.0 Å². The maximum atomic E-state index is 12.7. The van der Waals surface area contributed by atoms with Crippen molar-refractivity contribution in [3.63, 3.8) is 0 Å². The first-order valence-electron chi connectivity index (χ1n) is 12.1. The Bertz CT molecular complexity index is 970. The maximum Gasteiger partial charge on any atom is 0.254 e. The zero-order valence-corrected chi connectivity index (χ0v) is 20.5. The molecule has 0 atom stereocenters. The summed E-state index contributed by atoms with van der Waals surface area (Å²) < 4.78 is 11.4. The van der Waals surface area contributed by atoms with Gasteiger partial charge in [0, 0.05) is 51.6 Å². The van der Waals surface area contributed by atoms with Crippen LogP contribution in [0.3, 0.4) is 0 Å². The van der Waals surface area contributed by atoms with Gasteiger partial charge in [0.2, 0.25) is 5.91 Å². The van der Waals surface area contributed by atoms with Gasteiger partial charge in [0.15, 0.2) is 0 Å². The van der Waals surface area contributed by atoms with Crippen LogP contribution in [0.15, 0.2) is 48.5 Å². The number of amides is 1. The average Bonchev–Trinajstić information content (AvgIpc) is 2.85. The van der Waals surface area contributed by atoms with Crippen molar-refractivity contribution in [2.45, 2.75) is 45.3 Å². The minimum Gasteiger partial charge on any atom is -0.381 e. The number of nitrogens with zero attached hydrogens (tertiary/aromatic N) is 2. The molecule has 2 heterocycles. The summed E-state index contributed by atoms with van der Waals surface area (Å²) >= 11 is 5.92. The molecule has 182 valence electrons. The van der Waals surface area contributed by atoms with Crippen LogP contribution in [0.1, 0.15) is 48.5 Å². The van der Waals surface area contributed by atoms with Gasteiger partial charge < -0.3 is 19.3 Å². The van der Waals surface area contributed by atoms with Crippen molar-refractivity contribution in [2.24, 2.45) is 5.92 Å². The quantitative estimate of drug-likeness (QED) is 0.492. The highest BCUT2D eigenvalue weighted by Crippen LogP contribution is 2.33. The van der Waals surface area contributed by atoms with Crippen LogP contribution >= 0.6 is 11.6 Å². The Labute approximate surface area is 206 Å². The van der Waals surface area contributed by atoms with Crippen molar-refractivity contribution in [1.29, 1.82) is 0 Å². The van der Waals surface area contributed by atoms with E-state index >= 15 is 0 Å². The van der Waals surface area contributed by atoms with E-state index in [2.05, 4.69) is 17.0 Å². The van der Waals surface area contributed by atoms with Crippen LogP contribution in [0.5, 0.6) is 0 Å². The molecule has 2 aromatic rings. The van der Waals surface area contributed by atoms with Gasteiger partial charge in [-0.3, -0.25) is 9.59 Å². The zero-order valence-electron chi connectivity index (χ0n) is 19.7. The van der Waals surface area contributed by atoms with Gasteiger partial charge in [-0.25, -0.2) is 0 Å². The lowest BCUT2D eigenvalue weighted by molar-refractivity contribution is -0.117. The van der Waals surface area contributed by atoms with Crippen molar-refractivity contribution in [3.8, 4) is 0 Å². The number of anilines is 2. The molecule has 2 fully saturated rings. The molecule has 0 bridgehead atoms. The Morgan fingerprint density at radius 2 is 1.76 bits per heavy atom. The first-order chi connectivity index (χ1) is 16.5.